The average molecular weight is 329 g/mol. The topological polar surface area (TPSA) is 29.5 Å². The normalized spacial score (nSPS) is 17.2. The van der Waals surface area contributed by atoms with Crippen LogP contribution in [0.3, 0.4) is 0 Å². The molecular formula is C14H17ClF4O2. The van der Waals surface area contributed by atoms with Crippen LogP contribution in [0, 0.1) is 5.82 Å². The number of alkyl halides is 4. The van der Waals surface area contributed by atoms with Crippen molar-refractivity contribution in [3.8, 4) is 5.75 Å². The Morgan fingerprint density at radius 1 is 1.19 bits per heavy atom. The Hall–Kier alpha value is -1.01. The minimum atomic E-state index is -4.92. The van der Waals surface area contributed by atoms with Gasteiger partial charge in [0.2, 0.25) is 0 Å². The Balaban J connectivity index is 3.37. The van der Waals surface area contributed by atoms with Crippen LogP contribution in [0.4, 0.5) is 17.6 Å². The molecule has 0 amide bonds. The standard InChI is InChI=1S/C14H17ClF4O2/c1-12(2,11(15)13(3,20)14(17,18)19)9-7-8(16)5-6-10(9)21-4/h5-7,11,20H,1-4H3. The van der Waals surface area contributed by atoms with Crippen molar-refractivity contribution < 1.29 is 27.4 Å². The van der Waals surface area contributed by atoms with Crippen molar-refractivity contribution >= 4 is 11.6 Å². The Labute approximate surface area is 125 Å². The van der Waals surface area contributed by atoms with Gasteiger partial charge in [0.1, 0.15) is 11.6 Å². The maximum absolute atomic E-state index is 13.4. The molecule has 0 heterocycles. The van der Waals surface area contributed by atoms with E-state index in [1.807, 2.05) is 0 Å². The van der Waals surface area contributed by atoms with Gasteiger partial charge in [-0.25, -0.2) is 4.39 Å². The summed E-state index contributed by atoms with van der Waals surface area (Å²) in [6.45, 7) is 3.38. The number of hydrogen-bond donors (Lipinski definition) is 1. The Morgan fingerprint density at radius 2 is 1.71 bits per heavy atom. The van der Waals surface area contributed by atoms with Gasteiger partial charge >= 0.3 is 6.18 Å². The second-order valence-electron chi connectivity index (χ2n) is 5.57. The number of halogens is 5. The fraction of sp³-hybridized carbons (Fsp3) is 0.571. The zero-order chi connectivity index (χ0) is 16.6. The molecule has 0 aliphatic carbocycles. The molecule has 1 aromatic carbocycles. The summed E-state index contributed by atoms with van der Waals surface area (Å²) in [5, 5.41) is 8.01. The lowest BCUT2D eigenvalue weighted by molar-refractivity contribution is -0.257. The summed E-state index contributed by atoms with van der Waals surface area (Å²) >= 11 is 5.92. The van der Waals surface area contributed by atoms with Crippen LogP contribution in [-0.2, 0) is 5.41 Å². The van der Waals surface area contributed by atoms with E-state index >= 15 is 0 Å². The molecule has 21 heavy (non-hydrogen) atoms. The van der Waals surface area contributed by atoms with Crippen molar-refractivity contribution in [3.63, 3.8) is 0 Å². The highest BCUT2D eigenvalue weighted by atomic mass is 35.5. The Morgan fingerprint density at radius 3 is 2.14 bits per heavy atom. The van der Waals surface area contributed by atoms with Crippen LogP contribution >= 0.6 is 11.6 Å². The molecule has 120 valence electrons. The van der Waals surface area contributed by atoms with E-state index in [4.69, 9.17) is 16.3 Å². The van der Waals surface area contributed by atoms with Crippen LogP contribution in [0.25, 0.3) is 0 Å². The van der Waals surface area contributed by atoms with Crippen molar-refractivity contribution in [1.82, 2.24) is 0 Å². The predicted molar refractivity (Wildman–Crippen MR) is 72.3 cm³/mol. The van der Waals surface area contributed by atoms with E-state index in [1.54, 1.807) is 0 Å². The molecule has 1 N–H and O–H groups in total. The summed E-state index contributed by atoms with van der Waals surface area (Å²) in [6.07, 6.45) is -4.92. The van der Waals surface area contributed by atoms with Crippen LogP contribution in [-0.4, -0.2) is 29.4 Å². The van der Waals surface area contributed by atoms with Crippen LogP contribution in [0.5, 0.6) is 5.75 Å². The summed E-state index contributed by atoms with van der Waals surface area (Å²) in [6, 6.07) is 3.49. The van der Waals surface area contributed by atoms with Crippen molar-refractivity contribution in [1.29, 1.82) is 0 Å². The predicted octanol–water partition coefficient (Wildman–Crippen LogP) is 4.03. The summed E-state index contributed by atoms with van der Waals surface area (Å²) in [7, 11) is 1.32. The highest BCUT2D eigenvalue weighted by Crippen LogP contribution is 2.46. The van der Waals surface area contributed by atoms with Crippen molar-refractivity contribution in [3.05, 3.63) is 29.6 Å². The SMILES string of the molecule is COc1ccc(F)cc1C(C)(C)C(Cl)C(C)(O)C(F)(F)F. The molecule has 0 aliphatic rings. The summed E-state index contributed by atoms with van der Waals surface area (Å²) < 4.78 is 57.3. The summed E-state index contributed by atoms with van der Waals surface area (Å²) in [5.41, 5.74) is -4.39. The first kappa shape index (κ1) is 18.0. The first-order valence-corrected chi connectivity index (χ1v) is 6.56. The van der Waals surface area contributed by atoms with Gasteiger partial charge in [-0.2, -0.15) is 13.2 Å². The fourth-order valence-electron chi connectivity index (χ4n) is 2.17. The van der Waals surface area contributed by atoms with Gasteiger partial charge in [0.25, 0.3) is 0 Å². The number of methoxy groups -OCH3 is 1. The monoisotopic (exact) mass is 328 g/mol. The molecule has 2 atom stereocenters. The molecule has 0 aromatic heterocycles. The van der Waals surface area contributed by atoms with Crippen molar-refractivity contribution in [2.45, 2.75) is 43.3 Å². The Kier molecular flexibility index (Phi) is 4.85. The maximum Gasteiger partial charge on any atom is 0.418 e. The number of benzene rings is 1. The first-order valence-electron chi connectivity index (χ1n) is 6.13. The Bertz CT molecular complexity index is 512. The fourth-order valence-corrected chi connectivity index (χ4v) is 2.41. The van der Waals surface area contributed by atoms with E-state index in [0.717, 1.165) is 12.1 Å². The second-order valence-corrected chi connectivity index (χ2v) is 6.01. The molecule has 0 radical (unpaired) electrons. The molecule has 7 heteroatoms. The lowest BCUT2D eigenvalue weighted by Crippen LogP contribution is -2.56. The van der Waals surface area contributed by atoms with Crippen LogP contribution in [0.15, 0.2) is 18.2 Å². The van der Waals surface area contributed by atoms with Crippen LogP contribution in [0.1, 0.15) is 26.3 Å². The summed E-state index contributed by atoms with van der Waals surface area (Å²) in [4.78, 5) is 0. The van der Waals surface area contributed by atoms with Gasteiger partial charge in [0, 0.05) is 11.0 Å². The van der Waals surface area contributed by atoms with E-state index in [1.165, 1.54) is 27.0 Å². The zero-order valence-electron chi connectivity index (χ0n) is 12.1. The lowest BCUT2D eigenvalue weighted by atomic mass is 9.74. The second kappa shape index (κ2) is 5.65. The van der Waals surface area contributed by atoms with Crippen molar-refractivity contribution in [2.75, 3.05) is 7.11 Å². The molecule has 0 saturated carbocycles. The average Bonchev–Trinajstić information content (AvgIpc) is 2.36. The number of ether oxygens (including phenoxy) is 1. The van der Waals surface area contributed by atoms with E-state index in [9.17, 15) is 22.7 Å². The largest absolute Gasteiger partial charge is 0.496 e. The van der Waals surface area contributed by atoms with Gasteiger partial charge in [-0.3, -0.25) is 0 Å². The highest BCUT2D eigenvalue weighted by molar-refractivity contribution is 6.22. The van der Waals surface area contributed by atoms with Crippen molar-refractivity contribution in [2.24, 2.45) is 0 Å². The smallest absolute Gasteiger partial charge is 0.418 e. The van der Waals surface area contributed by atoms with E-state index in [2.05, 4.69) is 0 Å². The highest BCUT2D eigenvalue weighted by Gasteiger charge is 2.59. The molecule has 0 fully saturated rings. The molecule has 2 nitrogen and oxygen atoms in total. The maximum atomic E-state index is 13.4. The van der Waals surface area contributed by atoms with Crippen LogP contribution < -0.4 is 4.74 Å². The van der Waals surface area contributed by atoms with E-state index < -0.39 is 28.4 Å². The van der Waals surface area contributed by atoms with Crippen LogP contribution in [0.2, 0.25) is 0 Å². The molecule has 1 rings (SSSR count). The van der Waals surface area contributed by atoms with Gasteiger partial charge in [-0.05, 0) is 25.1 Å². The number of aliphatic hydroxyl groups is 1. The molecule has 1 aromatic rings. The molecule has 0 saturated heterocycles. The van der Waals surface area contributed by atoms with Gasteiger partial charge in [-0.15, -0.1) is 11.6 Å². The molecular weight excluding hydrogens is 312 g/mol. The van der Waals surface area contributed by atoms with Gasteiger partial charge in [0.15, 0.2) is 5.60 Å². The van der Waals surface area contributed by atoms with E-state index in [-0.39, 0.29) is 11.3 Å². The number of rotatable bonds is 4. The third kappa shape index (κ3) is 3.26. The third-order valence-corrected chi connectivity index (χ3v) is 4.53. The molecule has 0 bridgehead atoms. The van der Waals surface area contributed by atoms with Gasteiger partial charge < -0.3 is 9.84 Å². The molecule has 0 spiro atoms. The molecule has 2 unspecified atom stereocenters. The van der Waals surface area contributed by atoms with Gasteiger partial charge in [-0.1, -0.05) is 13.8 Å². The minimum absolute atomic E-state index is 0.148. The number of hydrogen-bond acceptors (Lipinski definition) is 2. The third-order valence-electron chi connectivity index (χ3n) is 3.56. The van der Waals surface area contributed by atoms with E-state index in [0.29, 0.717) is 6.92 Å². The molecule has 0 aliphatic heterocycles. The zero-order valence-corrected chi connectivity index (χ0v) is 12.8. The first-order chi connectivity index (χ1) is 9.35. The quantitative estimate of drug-likeness (QED) is 0.668. The lowest BCUT2D eigenvalue weighted by Gasteiger charge is -2.41. The summed E-state index contributed by atoms with van der Waals surface area (Å²) in [5.74, 6) is -0.431. The van der Waals surface area contributed by atoms with Gasteiger partial charge in [0.05, 0.1) is 12.5 Å². The minimum Gasteiger partial charge on any atom is -0.496 e.